The number of nitrogens with one attached hydrogen (secondary N) is 2. The fraction of sp³-hybridized carbons (Fsp3) is 0.556. The second kappa shape index (κ2) is 10.8. The first-order chi connectivity index (χ1) is 11.0. The van der Waals surface area contributed by atoms with Crippen LogP contribution in [-0.2, 0) is 20.9 Å². The summed E-state index contributed by atoms with van der Waals surface area (Å²) in [5, 5.41) is 0. The van der Waals surface area contributed by atoms with Gasteiger partial charge in [-0.2, -0.15) is 0 Å². The van der Waals surface area contributed by atoms with Crippen LogP contribution < -0.4 is 10.9 Å². The van der Waals surface area contributed by atoms with Crippen LogP contribution >= 0.6 is 0 Å². The van der Waals surface area contributed by atoms with E-state index in [2.05, 4.69) is 10.9 Å². The first-order valence-corrected chi connectivity index (χ1v) is 8.25. The highest BCUT2D eigenvalue weighted by Crippen LogP contribution is 2.17. The summed E-state index contributed by atoms with van der Waals surface area (Å²) in [5.41, 5.74) is 6.48. The van der Waals surface area contributed by atoms with Crippen LogP contribution in [0.1, 0.15) is 45.6 Å². The average molecular weight is 320 g/mol. The number of esters is 1. The molecule has 23 heavy (non-hydrogen) atoms. The largest absolute Gasteiger partial charge is 0.461 e. The van der Waals surface area contributed by atoms with E-state index in [0.717, 1.165) is 12.0 Å². The van der Waals surface area contributed by atoms with Crippen molar-refractivity contribution in [1.29, 1.82) is 0 Å². The molecule has 5 heteroatoms. The number of ether oxygens (including phenoxy) is 1. The van der Waals surface area contributed by atoms with E-state index in [-0.39, 0.29) is 30.8 Å². The molecule has 0 aliphatic heterocycles. The van der Waals surface area contributed by atoms with Gasteiger partial charge < -0.3 is 4.74 Å². The van der Waals surface area contributed by atoms with E-state index in [1.165, 1.54) is 0 Å². The van der Waals surface area contributed by atoms with Crippen molar-refractivity contribution in [3.05, 3.63) is 35.9 Å². The van der Waals surface area contributed by atoms with E-state index in [4.69, 9.17) is 4.74 Å². The summed E-state index contributed by atoms with van der Waals surface area (Å²) in [6.45, 7) is 7.04. The van der Waals surface area contributed by atoms with Crippen molar-refractivity contribution in [2.45, 2.75) is 46.6 Å². The lowest BCUT2D eigenvalue weighted by atomic mass is 9.93. The van der Waals surface area contributed by atoms with Gasteiger partial charge in [0, 0.05) is 12.5 Å². The van der Waals surface area contributed by atoms with Crippen LogP contribution in [0.15, 0.2) is 30.3 Å². The van der Waals surface area contributed by atoms with Crippen molar-refractivity contribution in [2.75, 3.05) is 6.54 Å². The Morgan fingerprint density at radius 3 is 2.48 bits per heavy atom. The van der Waals surface area contributed by atoms with Crippen LogP contribution in [0.3, 0.4) is 0 Å². The van der Waals surface area contributed by atoms with Crippen molar-refractivity contribution in [1.82, 2.24) is 10.9 Å². The predicted molar refractivity (Wildman–Crippen MR) is 90.2 cm³/mol. The van der Waals surface area contributed by atoms with Gasteiger partial charge in [-0.15, -0.1) is 0 Å². The lowest BCUT2D eigenvalue weighted by Crippen LogP contribution is -2.42. The minimum Gasteiger partial charge on any atom is -0.461 e. The molecule has 1 aromatic carbocycles. The molecule has 1 amide bonds. The molecule has 0 radical (unpaired) electrons. The maximum atomic E-state index is 12.2. The fourth-order valence-corrected chi connectivity index (χ4v) is 2.23. The molecule has 0 saturated carbocycles. The molecule has 0 heterocycles. The molecule has 0 saturated heterocycles. The highest BCUT2D eigenvalue weighted by molar-refractivity contribution is 5.83. The molecule has 0 aliphatic carbocycles. The molecule has 128 valence electrons. The van der Waals surface area contributed by atoms with Gasteiger partial charge in [-0.05, 0) is 24.3 Å². The lowest BCUT2D eigenvalue weighted by Gasteiger charge is -2.18. The maximum Gasteiger partial charge on any atom is 0.306 e. The Balaban J connectivity index is 2.47. The number of benzene rings is 1. The number of carbonyl (C=O) groups excluding carboxylic acids is 2. The Labute approximate surface area is 138 Å². The molecule has 5 nitrogen and oxygen atoms in total. The summed E-state index contributed by atoms with van der Waals surface area (Å²) >= 11 is 0. The lowest BCUT2D eigenvalue weighted by molar-refractivity contribution is -0.148. The van der Waals surface area contributed by atoms with E-state index in [9.17, 15) is 9.59 Å². The quantitative estimate of drug-likeness (QED) is 0.395. The Morgan fingerprint density at radius 2 is 1.87 bits per heavy atom. The monoisotopic (exact) mass is 320 g/mol. The van der Waals surface area contributed by atoms with Gasteiger partial charge in [0.15, 0.2) is 0 Å². The zero-order chi connectivity index (χ0) is 17.1. The van der Waals surface area contributed by atoms with Crippen molar-refractivity contribution in [2.24, 2.45) is 11.8 Å². The van der Waals surface area contributed by atoms with Gasteiger partial charge in [0.2, 0.25) is 5.91 Å². The van der Waals surface area contributed by atoms with Gasteiger partial charge >= 0.3 is 5.97 Å². The third kappa shape index (κ3) is 8.35. The van der Waals surface area contributed by atoms with E-state index < -0.39 is 0 Å². The highest BCUT2D eigenvalue weighted by atomic mass is 16.5. The molecule has 0 fully saturated rings. The minimum atomic E-state index is -0.373. The predicted octanol–water partition coefficient (Wildman–Crippen LogP) is 2.81. The van der Waals surface area contributed by atoms with E-state index in [0.29, 0.717) is 18.9 Å². The summed E-state index contributed by atoms with van der Waals surface area (Å²) in [4.78, 5) is 24.2. The van der Waals surface area contributed by atoms with Gasteiger partial charge in [-0.1, -0.05) is 51.1 Å². The normalized spacial score (nSPS) is 12.0. The van der Waals surface area contributed by atoms with Gasteiger partial charge in [0.05, 0.1) is 6.42 Å². The number of amides is 1. The molecule has 0 spiro atoms. The maximum absolute atomic E-state index is 12.2. The first-order valence-electron chi connectivity index (χ1n) is 8.25. The van der Waals surface area contributed by atoms with Crippen molar-refractivity contribution in [3.63, 3.8) is 0 Å². The standard InChI is InChI=1S/C18H28N2O3/c1-4-10-19-20-18(22)16(11-14(2)3)12-17(21)23-13-15-8-6-5-7-9-15/h5-9,14,16,19H,4,10-13H2,1-3H3,(H,20,22)/t16-/m1/s1. The van der Waals surface area contributed by atoms with Gasteiger partial charge in [-0.3, -0.25) is 15.0 Å². The SMILES string of the molecule is CCCNNC(=O)[C@@H](CC(=O)OCc1ccccc1)CC(C)C. The first kappa shape index (κ1) is 19.2. The molecule has 0 aromatic heterocycles. The van der Waals surface area contributed by atoms with E-state index in [1.54, 1.807) is 0 Å². The number of rotatable bonds is 10. The Bertz CT molecular complexity index is 474. The fourth-order valence-electron chi connectivity index (χ4n) is 2.23. The second-order valence-electron chi connectivity index (χ2n) is 6.09. The molecule has 2 N–H and O–H groups in total. The molecule has 1 rings (SSSR count). The van der Waals surface area contributed by atoms with Crippen molar-refractivity contribution < 1.29 is 14.3 Å². The van der Waals surface area contributed by atoms with Crippen LogP contribution in [-0.4, -0.2) is 18.4 Å². The third-order valence-corrected chi connectivity index (χ3v) is 3.37. The Hall–Kier alpha value is -1.88. The van der Waals surface area contributed by atoms with Crippen molar-refractivity contribution in [3.8, 4) is 0 Å². The molecule has 0 aliphatic rings. The summed E-state index contributed by atoms with van der Waals surface area (Å²) < 4.78 is 5.28. The van der Waals surface area contributed by atoms with Crippen LogP contribution in [0.4, 0.5) is 0 Å². The number of hydrogen-bond acceptors (Lipinski definition) is 4. The zero-order valence-corrected chi connectivity index (χ0v) is 14.3. The molecular weight excluding hydrogens is 292 g/mol. The Kier molecular flexibility index (Phi) is 8.98. The summed E-state index contributed by atoms with van der Waals surface area (Å²) in [6, 6.07) is 9.52. The summed E-state index contributed by atoms with van der Waals surface area (Å²) in [7, 11) is 0. The number of hydrogen-bond donors (Lipinski definition) is 2. The molecule has 1 atom stereocenters. The van der Waals surface area contributed by atoms with Crippen molar-refractivity contribution >= 4 is 11.9 Å². The number of hydrazine groups is 1. The topological polar surface area (TPSA) is 67.4 Å². The third-order valence-electron chi connectivity index (χ3n) is 3.37. The molecule has 0 bridgehead atoms. The molecule has 0 unspecified atom stereocenters. The van der Waals surface area contributed by atoms with E-state index in [1.807, 2.05) is 51.1 Å². The van der Waals surface area contributed by atoms with Crippen LogP contribution in [0.2, 0.25) is 0 Å². The number of carbonyl (C=O) groups is 2. The summed E-state index contributed by atoms with van der Waals surface area (Å²) in [6.07, 6.45) is 1.68. The van der Waals surface area contributed by atoms with Crippen LogP contribution in [0.25, 0.3) is 0 Å². The summed E-state index contributed by atoms with van der Waals surface area (Å²) in [5.74, 6) is -0.532. The molecule has 1 aromatic rings. The Morgan fingerprint density at radius 1 is 1.17 bits per heavy atom. The second-order valence-corrected chi connectivity index (χ2v) is 6.09. The van der Waals surface area contributed by atoms with Gasteiger partial charge in [0.25, 0.3) is 0 Å². The van der Waals surface area contributed by atoms with E-state index >= 15 is 0 Å². The zero-order valence-electron chi connectivity index (χ0n) is 14.3. The molecular formula is C18H28N2O3. The smallest absolute Gasteiger partial charge is 0.306 e. The minimum absolute atomic E-state index is 0.102. The highest BCUT2D eigenvalue weighted by Gasteiger charge is 2.23. The van der Waals surface area contributed by atoms with Crippen LogP contribution in [0.5, 0.6) is 0 Å². The average Bonchev–Trinajstić information content (AvgIpc) is 2.53. The van der Waals surface area contributed by atoms with Gasteiger partial charge in [0.1, 0.15) is 6.61 Å². The van der Waals surface area contributed by atoms with Crippen LogP contribution in [0, 0.1) is 11.8 Å². The van der Waals surface area contributed by atoms with Gasteiger partial charge in [-0.25, -0.2) is 5.43 Å².